The molecule has 0 saturated carbocycles. The van der Waals surface area contributed by atoms with Crippen molar-refractivity contribution in [3.63, 3.8) is 0 Å². The zero-order chi connectivity index (χ0) is 14.0. The van der Waals surface area contributed by atoms with E-state index in [1.165, 1.54) is 25.3 Å². The average Bonchev–Trinajstić information content (AvgIpc) is 2.36. The molecule has 1 atom stereocenters. The van der Waals surface area contributed by atoms with Crippen molar-refractivity contribution in [2.75, 3.05) is 7.11 Å². The Morgan fingerprint density at radius 3 is 2.32 bits per heavy atom. The molecule has 2 rings (SSSR count). The molecule has 0 fully saturated rings. The van der Waals surface area contributed by atoms with Crippen molar-refractivity contribution < 1.29 is 14.2 Å². The van der Waals surface area contributed by atoms with E-state index in [-0.39, 0.29) is 0 Å². The Morgan fingerprint density at radius 2 is 1.74 bits per heavy atom. The standard InChI is InChI=1S/C14H11Cl2FO2/c1-19-13-3-2-11(17)7-12(13)14(18)8-4-9(15)6-10(16)5-8/h2-7,14,18H,1H3. The maximum atomic E-state index is 13.3. The Hall–Kier alpha value is -1.29. The highest BCUT2D eigenvalue weighted by atomic mass is 35.5. The molecule has 1 unspecified atom stereocenters. The van der Waals surface area contributed by atoms with Gasteiger partial charge in [0.15, 0.2) is 0 Å². The maximum Gasteiger partial charge on any atom is 0.125 e. The van der Waals surface area contributed by atoms with Gasteiger partial charge < -0.3 is 9.84 Å². The lowest BCUT2D eigenvalue weighted by Gasteiger charge is -2.16. The topological polar surface area (TPSA) is 29.5 Å². The lowest BCUT2D eigenvalue weighted by atomic mass is 10.0. The minimum Gasteiger partial charge on any atom is -0.496 e. The van der Waals surface area contributed by atoms with E-state index in [0.717, 1.165) is 0 Å². The highest BCUT2D eigenvalue weighted by Crippen LogP contribution is 2.33. The van der Waals surface area contributed by atoms with E-state index >= 15 is 0 Å². The summed E-state index contributed by atoms with van der Waals surface area (Å²) in [6.45, 7) is 0. The van der Waals surface area contributed by atoms with Crippen LogP contribution in [0.3, 0.4) is 0 Å². The first kappa shape index (κ1) is 14.1. The molecule has 0 radical (unpaired) electrons. The predicted octanol–water partition coefficient (Wildman–Crippen LogP) is 4.22. The second-order valence-electron chi connectivity index (χ2n) is 3.99. The van der Waals surface area contributed by atoms with Gasteiger partial charge in [-0.3, -0.25) is 0 Å². The summed E-state index contributed by atoms with van der Waals surface area (Å²) in [5.41, 5.74) is 0.794. The number of aliphatic hydroxyl groups is 1. The summed E-state index contributed by atoms with van der Waals surface area (Å²) >= 11 is 11.8. The van der Waals surface area contributed by atoms with Crippen LogP contribution in [0.2, 0.25) is 10.0 Å². The predicted molar refractivity (Wildman–Crippen MR) is 73.5 cm³/mol. The smallest absolute Gasteiger partial charge is 0.125 e. The lowest BCUT2D eigenvalue weighted by molar-refractivity contribution is 0.214. The lowest BCUT2D eigenvalue weighted by Crippen LogP contribution is -2.03. The number of aliphatic hydroxyl groups excluding tert-OH is 1. The third kappa shape index (κ3) is 3.18. The number of hydrogen-bond acceptors (Lipinski definition) is 2. The highest BCUT2D eigenvalue weighted by Gasteiger charge is 2.17. The van der Waals surface area contributed by atoms with Gasteiger partial charge in [0.05, 0.1) is 7.11 Å². The molecule has 0 spiro atoms. The molecule has 0 aliphatic rings. The number of rotatable bonds is 3. The average molecular weight is 301 g/mol. The normalized spacial score (nSPS) is 12.3. The zero-order valence-electron chi connectivity index (χ0n) is 10.0. The quantitative estimate of drug-likeness (QED) is 0.919. The summed E-state index contributed by atoms with van der Waals surface area (Å²) in [6, 6.07) is 8.64. The molecule has 1 N–H and O–H groups in total. The summed E-state index contributed by atoms with van der Waals surface area (Å²) in [4.78, 5) is 0. The van der Waals surface area contributed by atoms with Gasteiger partial charge >= 0.3 is 0 Å². The SMILES string of the molecule is COc1ccc(F)cc1C(O)c1cc(Cl)cc(Cl)c1. The van der Waals surface area contributed by atoms with Gasteiger partial charge in [-0.25, -0.2) is 4.39 Å². The van der Waals surface area contributed by atoms with E-state index in [2.05, 4.69) is 0 Å². The molecule has 100 valence electrons. The first-order valence-corrected chi connectivity index (χ1v) is 6.24. The van der Waals surface area contributed by atoms with Crippen LogP contribution in [0.25, 0.3) is 0 Å². The van der Waals surface area contributed by atoms with Gasteiger partial charge in [0.1, 0.15) is 17.7 Å². The van der Waals surface area contributed by atoms with Crippen LogP contribution >= 0.6 is 23.2 Å². The molecule has 0 aliphatic heterocycles. The van der Waals surface area contributed by atoms with Crippen molar-refractivity contribution in [1.29, 1.82) is 0 Å². The van der Waals surface area contributed by atoms with E-state index in [4.69, 9.17) is 27.9 Å². The number of methoxy groups -OCH3 is 1. The third-order valence-corrected chi connectivity index (χ3v) is 3.12. The van der Waals surface area contributed by atoms with E-state index in [0.29, 0.717) is 26.9 Å². The fourth-order valence-electron chi connectivity index (χ4n) is 1.83. The molecule has 0 amide bonds. The van der Waals surface area contributed by atoms with Gasteiger partial charge in [-0.1, -0.05) is 23.2 Å². The van der Waals surface area contributed by atoms with Crippen LogP contribution in [0.4, 0.5) is 4.39 Å². The Labute approximate surface area is 120 Å². The molecule has 0 bridgehead atoms. The van der Waals surface area contributed by atoms with Gasteiger partial charge in [-0.05, 0) is 42.0 Å². The molecule has 2 nitrogen and oxygen atoms in total. The second-order valence-corrected chi connectivity index (χ2v) is 4.86. The van der Waals surface area contributed by atoms with E-state index in [9.17, 15) is 9.50 Å². The first-order chi connectivity index (χ1) is 9.01. The van der Waals surface area contributed by atoms with E-state index in [1.807, 2.05) is 0 Å². The van der Waals surface area contributed by atoms with E-state index in [1.54, 1.807) is 18.2 Å². The van der Waals surface area contributed by atoms with Crippen LogP contribution in [0.15, 0.2) is 36.4 Å². The van der Waals surface area contributed by atoms with Gasteiger partial charge in [0.25, 0.3) is 0 Å². The minimum atomic E-state index is -1.07. The molecular weight excluding hydrogens is 290 g/mol. The number of hydrogen-bond donors (Lipinski definition) is 1. The molecule has 2 aromatic carbocycles. The summed E-state index contributed by atoms with van der Waals surface area (Å²) in [6.07, 6.45) is -1.07. The number of ether oxygens (including phenoxy) is 1. The highest BCUT2D eigenvalue weighted by molar-refractivity contribution is 6.34. The van der Waals surface area contributed by atoms with Gasteiger partial charge in [-0.15, -0.1) is 0 Å². The van der Waals surface area contributed by atoms with Crippen molar-refractivity contribution in [3.8, 4) is 5.75 Å². The number of benzene rings is 2. The molecule has 19 heavy (non-hydrogen) atoms. The monoisotopic (exact) mass is 300 g/mol. The van der Waals surface area contributed by atoms with Crippen LogP contribution in [0.1, 0.15) is 17.2 Å². The second kappa shape index (κ2) is 5.78. The Morgan fingerprint density at radius 1 is 1.11 bits per heavy atom. The van der Waals surface area contributed by atoms with Gasteiger partial charge in [0.2, 0.25) is 0 Å². The summed E-state index contributed by atoms with van der Waals surface area (Å²) in [7, 11) is 1.45. The Kier molecular flexibility index (Phi) is 4.30. The fraction of sp³-hybridized carbons (Fsp3) is 0.143. The van der Waals surface area contributed by atoms with Crippen LogP contribution < -0.4 is 4.74 Å². The molecule has 0 aliphatic carbocycles. The number of halogens is 3. The molecule has 0 aromatic heterocycles. The Bertz CT molecular complexity index is 582. The van der Waals surface area contributed by atoms with E-state index < -0.39 is 11.9 Å². The summed E-state index contributed by atoms with van der Waals surface area (Å²) in [5, 5.41) is 11.1. The van der Waals surface area contributed by atoms with Crippen molar-refractivity contribution in [1.82, 2.24) is 0 Å². The molecular formula is C14H11Cl2FO2. The first-order valence-electron chi connectivity index (χ1n) is 5.48. The third-order valence-electron chi connectivity index (χ3n) is 2.69. The van der Waals surface area contributed by atoms with Crippen molar-refractivity contribution in [2.45, 2.75) is 6.10 Å². The molecule has 0 saturated heterocycles. The van der Waals surface area contributed by atoms with Crippen LogP contribution in [0.5, 0.6) is 5.75 Å². The van der Waals surface area contributed by atoms with Crippen molar-refractivity contribution in [3.05, 3.63) is 63.4 Å². The van der Waals surface area contributed by atoms with Gasteiger partial charge in [-0.2, -0.15) is 0 Å². The fourth-order valence-corrected chi connectivity index (χ4v) is 2.37. The summed E-state index contributed by atoms with van der Waals surface area (Å²) < 4.78 is 18.4. The minimum absolute atomic E-state index is 0.320. The van der Waals surface area contributed by atoms with Gasteiger partial charge in [0, 0.05) is 15.6 Å². The van der Waals surface area contributed by atoms with Crippen LogP contribution in [-0.4, -0.2) is 12.2 Å². The van der Waals surface area contributed by atoms with Crippen molar-refractivity contribution >= 4 is 23.2 Å². The Balaban J connectivity index is 2.48. The molecule has 5 heteroatoms. The molecule has 0 heterocycles. The largest absolute Gasteiger partial charge is 0.496 e. The van der Waals surface area contributed by atoms with Crippen LogP contribution in [0, 0.1) is 5.82 Å². The van der Waals surface area contributed by atoms with Crippen LogP contribution in [-0.2, 0) is 0 Å². The molecule has 2 aromatic rings. The summed E-state index contributed by atoms with van der Waals surface area (Å²) in [5.74, 6) is -0.0621. The van der Waals surface area contributed by atoms with Crippen molar-refractivity contribution in [2.24, 2.45) is 0 Å². The zero-order valence-corrected chi connectivity index (χ0v) is 11.5. The maximum absolute atomic E-state index is 13.3.